The average Bonchev–Trinajstić information content (AvgIpc) is 3.21. The first-order chi connectivity index (χ1) is 13.5. The molecule has 1 aromatic rings. The number of nitrogens with one attached hydrogen (secondary N) is 1. The molecule has 1 aliphatic carbocycles. The van der Waals surface area contributed by atoms with Gasteiger partial charge in [-0.3, -0.25) is 14.5 Å². The fourth-order valence-corrected chi connectivity index (χ4v) is 4.55. The number of carbonyl (C=O) groups is 2. The molecule has 1 unspecified atom stereocenters. The van der Waals surface area contributed by atoms with Gasteiger partial charge in [-0.15, -0.1) is 0 Å². The number of benzene rings is 1. The highest BCUT2D eigenvalue weighted by atomic mass is 16.2. The fraction of sp³-hybridized carbons (Fsp3) is 0.652. The standard InChI is InChI=1S/C23H35N3O2/c1-17(2)16-24-22(27)21(19-9-5-6-10-19)25-12-14-26(15-13-25)23(28)20-11-7-4-8-18(20)3/h4,7-8,11,17,19,21H,5-6,9-10,12-16H2,1-3H3,(H,24,27). The molecule has 1 atom stereocenters. The second-order valence-corrected chi connectivity index (χ2v) is 8.77. The Morgan fingerprint density at radius 1 is 1.07 bits per heavy atom. The first kappa shape index (κ1) is 20.8. The van der Waals surface area contributed by atoms with E-state index in [1.165, 1.54) is 12.8 Å². The number of amides is 2. The molecule has 3 rings (SSSR count). The summed E-state index contributed by atoms with van der Waals surface area (Å²) in [6, 6.07) is 7.73. The van der Waals surface area contributed by atoms with Crippen LogP contribution in [0.25, 0.3) is 0 Å². The molecule has 154 valence electrons. The average molecular weight is 386 g/mol. The van der Waals surface area contributed by atoms with Crippen LogP contribution in [0.5, 0.6) is 0 Å². The molecular formula is C23H35N3O2. The first-order valence-corrected chi connectivity index (χ1v) is 10.8. The summed E-state index contributed by atoms with van der Waals surface area (Å²) >= 11 is 0. The van der Waals surface area contributed by atoms with Crippen molar-refractivity contribution in [3.05, 3.63) is 35.4 Å². The smallest absolute Gasteiger partial charge is 0.254 e. The minimum absolute atomic E-state index is 0.0445. The van der Waals surface area contributed by atoms with Gasteiger partial charge in [-0.05, 0) is 43.2 Å². The van der Waals surface area contributed by atoms with Crippen LogP contribution in [0.2, 0.25) is 0 Å². The largest absolute Gasteiger partial charge is 0.354 e. The van der Waals surface area contributed by atoms with Crippen molar-refractivity contribution in [1.82, 2.24) is 15.1 Å². The van der Waals surface area contributed by atoms with Gasteiger partial charge in [-0.1, -0.05) is 44.9 Å². The van der Waals surface area contributed by atoms with Crippen molar-refractivity contribution in [2.45, 2.75) is 52.5 Å². The number of piperazine rings is 1. The van der Waals surface area contributed by atoms with E-state index in [4.69, 9.17) is 0 Å². The van der Waals surface area contributed by atoms with Gasteiger partial charge in [0.25, 0.3) is 5.91 Å². The third kappa shape index (κ3) is 4.93. The molecule has 5 heteroatoms. The van der Waals surface area contributed by atoms with E-state index in [9.17, 15) is 9.59 Å². The molecule has 2 amide bonds. The van der Waals surface area contributed by atoms with Crippen LogP contribution in [0.3, 0.4) is 0 Å². The Morgan fingerprint density at radius 2 is 1.71 bits per heavy atom. The molecule has 0 radical (unpaired) electrons. The van der Waals surface area contributed by atoms with Gasteiger partial charge in [0.1, 0.15) is 0 Å². The molecule has 1 heterocycles. The van der Waals surface area contributed by atoms with Crippen molar-refractivity contribution in [1.29, 1.82) is 0 Å². The fourth-order valence-electron chi connectivity index (χ4n) is 4.55. The summed E-state index contributed by atoms with van der Waals surface area (Å²) in [4.78, 5) is 30.1. The number of carbonyl (C=O) groups excluding carboxylic acids is 2. The van der Waals surface area contributed by atoms with Crippen LogP contribution in [0.1, 0.15) is 55.5 Å². The van der Waals surface area contributed by atoms with Gasteiger partial charge >= 0.3 is 0 Å². The number of hydrogen-bond acceptors (Lipinski definition) is 3. The lowest BCUT2D eigenvalue weighted by Crippen LogP contribution is -2.58. The van der Waals surface area contributed by atoms with E-state index in [2.05, 4.69) is 24.1 Å². The van der Waals surface area contributed by atoms with Gasteiger partial charge < -0.3 is 10.2 Å². The van der Waals surface area contributed by atoms with Crippen LogP contribution in [0.4, 0.5) is 0 Å². The van der Waals surface area contributed by atoms with Gasteiger partial charge in [0, 0.05) is 38.3 Å². The normalized spacial score (nSPS) is 19.8. The molecule has 1 N–H and O–H groups in total. The first-order valence-electron chi connectivity index (χ1n) is 10.8. The number of nitrogens with zero attached hydrogens (tertiary/aromatic N) is 2. The topological polar surface area (TPSA) is 52.7 Å². The Balaban J connectivity index is 1.63. The molecule has 1 aromatic carbocycles. The van der Waals surface area contributed by atoms with E-state index in [0.717, 1.165) is 43.6 Å². The maximum Gasteiger partial charge on any atom is 0.254 e. The zero-order chi connectivity index (χ0) is 20.1. The van der Waals surface area contributed by atoms with Gasteiger partial charge in [0.2, 0.25) is 5.91 Å². The van der Waals surface area contributed by atoms with Crippen LogP contribution in [-0.4, -0.2) is 60.4 Å². The summed E-state index contributed by atoms with van der Waals surface area (Å²) in [6.07, 6.45) is 4.74. The van der Waals surface area contributed by atoms with E-state index in [-0.39, 0.29) is 17.9 Å². The second-order valence-electron chi connectivity index (χ2n) is 8.77. The highest BCUT2D eigenvalue weighted by Crippen LogP contribution is 2.31. The van der Waals surface area contributed by atoms with E-state index in [1.807, 2.05) is 36.1 Å². The van der Waals surface area contributed by atoms with Crippen molar-refractivity contribution < 1.29 is 9.59 Å². The molecule has 28 heavy (non-hydrogen) atoms. The summed E-state index contributed by atoms with van der Waals surface area (Å²) in [5.74, 6) is 1.20. The lowest BCUT2D eigenvalue weighted by molar-refractivity contribution is -0.129. The maximum atomic E-state index is 13.0. The molecule has 1 saturated carbocycles. The Morgan fingerprint density at radius 3 is 2.32 bits per heavy atom. The summed E-state index contributed by atoms with van der Waals surface area (Å²) in [7, 11) is 0. The summed E-state index contributed by atoms with van der Waals surface area (Å²) in [5, 5.41) is 3.16. The summed E-state index contributed by atoms with van der Waals surface area (Å²) in [6.45, 7) is 9.89. The Bertz CT molecular complexity index is 674. The van der Waals surface area contributed by atoms with Gasteiger partial charge in [-0.25, -0.2) is 0 Å². The minimum Gasteiger partial charge on any atom is -0.354 e. The Labute approximate surface area is 169 Å². The van der Waals surface area contributed by atoms with Crippen LogP contribution in [0, 0.1) is 18.8 Å². The lowest BCUT2D eigenvalue weighted by atomic mass is 9.94. The Kier molecular flexibility index (Phi) is 7.11. The minimum atomic E-state index is -0.0445. The molecule has 0 aromatic heterocycles. The Hall–Kier alpha value is -1.88. The van der Waals surface area contributed by atoms with Gasteiger partial charge in [0.05, 0.1) is 6.04 Å². The molecule has 0 bridgehead atoms. The van der Waals surface area contributed by atoms with Crippen LogP contribution >= 0.6 is 0 Å². The SMILES string of the molecule is Cc1ccccc1C(=O)N1CCN(C(C(=O)NCC(C)C)C2CCCC2)CC1. The third-order valence-corrected chi connectivity index (χ3v) is 6.17. The lowest BCUT2D eigenvalue weighted by Gasteiger charge is -2.41. The zero-order valence-electron chi connectivity index (χ0n) is 17.6. The van der Waals surface area contributed by atoms with E-state index < -0.39 is 0 Å². The van der Waals surface area contributed by atoms with E-state index in [1.54, 1.807) is 0 Å². The van der Waals surface area contributed by atoms with Crippen LogP contribution in [0.15, 0.2) is 24.3 Å². The van der Waals surface area contributed by atoms with Crippen molar-refractivity contribution in [2.75, 3.05) is 32.7 Å². The molecule has 5 nitrogen and oxygen atoms in total. The van der Waals surface area contributed by atoms with Crippen LogP contribution < -0.4 is 5.32 Å². The molecule has 2 aliphatic rings. The van der Waals surface area contributed by atoms with Crippen molar-refractivity contribution >= 4 is 11.8 Å². The number of aryl methyl sites for hydroxylation is 1. The van der Waals surface area contributed by atoms with E-state index in [0.29, 0.717) is 24.9 Å². The van der Waals surface area contributed by atoms with Crippen molar-refractivity contribution in [2.24, 2.45) is 11.8 Å². The summed E-state index contributed by atoms with van der Waals surface area (Å²) in [5.41, 5.74) is 1.81. The third-order valence-electron chi connectivity index (χ3n) is 6.17. The molecule has 1 saturated heterocycles. The zero-order valence-corrected chi connectivity index (χ0v) is 17.6. The van der Waals surface area contributed by atoms with Crippen molar-refractivity contribution in [3.8, 4) is 0 Å². The highest BCUT2D eigenvalue weighted by Gasteiger charge is 2.37. The van der Waals surface area contributed by atoms with Gasteiger partial charge in [0.15, 0.2) is 0 Å². The van der Waals surface area contributed by atoms with E-state index >= 15 is 0 Å². The molecule has 0 spiro atoms. The predicted octanol–water partition coefficient (Wildman–Crippen LogP) is 3.08. The summed E-state index contributed by atoms with van der Waals surface area (Å²) < 4.78 is 0. The second kappa shape index (κ2) is 9.55. The molecular weight excluding hydrogens is 350 g/mol. The number of hydrogen-bond donors (Lipinski definition) is 1. The molecule has 2 fully saturated rings. The maximum absolute atomic E-state index is 13.0. The van der Waals surface area contributed by atoms with Gasteiger partial charge in [-0.2, -0.15) is 0 Å². The predicted molar refractivity (Wildman–Crippen MR) is 112 cm³/mol. The number of rotatable bonds is 6. The van der Waals surface area contributed by atoms with Crippen LogP contribution in [-0.2, 0) is 4.79 Å². The monoisotopic (exact) mass is 385 g/mol. The van der Waals surface area contributed by atoms with Crippen molar-refractivity contribution in [3.63, 3.8) is 0 Å². The molecule has 1 aliphatic heterocycles. The highest BCUT2D eigenvalue weighted by molar-refractivity contribution is 5.95. The quantitative estimate of drug-likeness (QED) is 0.819.